The van der Waals surface area contributed by atoms with Gasteiger partial charge in [-0.25, -0.2) is 4.98 Å². The molecule has 2 aromatic heterocycles. The summed E-state index contributed by atoms with van der Waals surface area (Å²) in [4.78, 5) is 20.0. The van der Waals surface area contributed by atoms with Gasteiger partial charge in [-0.15, -0.1) is 11.3 Å². The first kappa shape index (κ1) is 17.1. The number of likely N-dealkylation sites (tertiary alicyclic amines) is 1. The maximum Gasteiger partial charge on any atom is 0.230 e. The van der Waals surface area contributed by atoms with E-state index in [0.29, 0.717) is 0 Å². The first-order valence-electron chi connectivity index (χ1n) is 8.62. The molecule has 0 radical (unpaired) electrons. The van der Waals surface area contributed by atoms with E-state index < -0.39 is 0 Å². The van der Waals surface area contributed by atoms with Crippen molar-refractivity contribution in [2.45, 2.75) is 58.9 Å². The van der Waals surface area contributed by atoms with E-state index in [1.54, 1.807) is 11.3 Å². The highest BCUT2D eigenvalue weighted by atomic mass is 32.1. The molecule has 0 aliphatic carbocycles. The third-order valence-corrected chi connectivity index (χ3v) is 6.14. The number of rotatable bonds is 3. The summed E-state index contributed by atoms with van der Waals surface area (Å²) in [5.41, 5.74) is 4.14. The number of aryl methyl sites for hydroxylation is 3. The van der Waals surface area contributed by atoms with Gasteiger partial charge in [-0.2, -0.15) is 5.10 Å². The van der Waals surface area contributed by atoms with Gasteiger partial charge in [0.25, 0.3) is 0 Å². The maximum absolute atomic E-state index is 13.3. The number of amides is 1. The van der Waals surface area contributed by atoms with Crippen molar-refractivity contribution in [3.05, 3.63) is 33.0 Å². The summed E-state index contributed by atoms with van der Waals surface area (Å²) >= 11 is 1.67. The Morgan fingerprint density at radius 3 is 2.67 bits per heavy atom. The van der Waals surface area contributed by atoms with Crippen molar-refractivity contribution in [1.29, 1.82) is 0 Å². The molecule has 1 saturated heterocycles. The molecule has 5 nitrogen and oxygen atoms in total. The van der Waals surface area contributed by atoms with Gasteiger partial charge in [0.1, 0.15) is 5.01 Å². The lowest BCUT2D eigenvalue weighted by Gasteiger charge is -2.36. The fourth-order valence-electron chi connectivity index (χ4n) is 3.77. The smallest absolute Gasteiger partial charge is 0.230 e. The first-order valence-corrected chi connectivity index (χ1v) is 9.50. The fourth-order valence-corrected chi connectivity index (χ4v) is 4.71. The second-order valence-corrected chi connectivity index (χ2v) is 7.69. The Kier molecular flexibility index (Phi) is 4.76. The Hall–Kier alpha value is -1.69. The zero-order valence-electron chi connectivity index (χ0n) is 15.2. The van der Waals surface area contributed by atoms with Crippen LogP contribution in [-0.2, 0) is 11.8 Å². The van der Waals surface area contributed by atoms with Crippen LogP contribution in [0.5, 0.6) is 0 Å². The topological polar surface area (TPSA) is 51.0 Å². The summed E-state index contributed by atoms with van der Waals surface area (Å²) in [5.74, 6) is 0.0344. The van der Waals surface area contributed by atoms with Gasteiger partial charge in [0.05, 0.1) is 17.7 Å². The van der Waals surface area contributed by atoms with E-state index in [-0.39, 0.29) is 17.9 Å². The van der Waals surface area contributed by atoms with Crippen molar-refractivity contribution in [2.75, 3.05) is 6.54 Å². The number of thiazole rings is 1. The van der Waals surface area contributed by atoms with Crippen LogP contribution in [0.2, 0.25) is 0 Å². The third kappa shape index (κ3) is 2.99. The molecule has 0 spiro atoms. The molecular weight excluding hydrogens is 320 g/mol. The zero-order valence-corrected chi connectivity index (χ0v) is 16.0. The minimum Gasteiger partial charge on any atom is -0.333 e. The molecule has 1 amide bonds. The van der Waals surface area contributed by atoms with E-state index in [4.69, 9.17) is 0 Å². The van der Waals surface area contributed by atoms with E-state index in [0.717, 1.165) is 53.5 Å². The van der Waals surface area contributed by atoms with Crippen molar-refractivity contribution in [3.63, 3.8) is 0 Å². The number of carbonyl (C=O) groups excluding carboxylic acids is 1. The van der Waals surface area contributed by atoms with Crippen molar-refractivity contribution in [1.82, 2.24) is 19.7 Å². The molecule has 0 N–H and O–H groups in total. The Morgan fingerprint density at radius 1 is 1.33 bits per heavy atom. The first-order chi connectivity index (χ1) is 11.4. The molecule has 0 saturated carbocycles. The van der Waals surface area contributed by atoms with Crippen molar-refractivity contribution in [2.24, 2.45) is 7.05 Å². The van der Waals surface area contributed by atoms with Crippen LogP contribution in [0.3, 0.4) is 0 Å². The molecule has 6 heteroatoms. The number of piperidine rings is 1. The monoisotopic (exact) mass is 346 g/mol. The highest BCUT2D eigenvalue weighted by Crippen LogP contribution is 2.35. The highest BCUT2D eigenvalue weighted by molar-refractivity contribution is 7.09. The van der Waals surface area contributed by atoms with Gasteiger partial charge in [-0.05, 0) is 47.0 Å². The maximum atomic E-state index is 13.3. The second-order valence-electron chi connectivity index (χ2n) is 6.80. The third-order valence-electron chi connectivity index (χ3n) is 5.08. The summed E-state index contributed by atoms with van der Waals surface area (Å²) in [6.45, 7) is 8.88. The fraction of sp³-hybridized carbons (Fsp3) is 0.611. The SMILES string of the molecule is Cc1csc([C@H]2CCCCN2C(=O)[C@@H](C)c2c(C)nn(C)c2C)n1. The summed E-state index contributed by atoms with van der Waals surface area (Å²) in [7, 11) is 1.94. The molecule has 0 aromatic carbocycles. The molecule has 1 fully saturated rings. The van der Waals surface area contributed by atoms with Crippen molar-refractivity contribution < 1.29 is 4.79 Å². The minimum atomic E-state index is -0.166. The lowest BCUT2D eigenvalue weighted by molar-refractivity contribution is -0.136. The Bertz CT molecular complexity index is 748. The normalized spacial score (nSPS) is 19.5. The summed E-state index contributed by atoms with van der Waals surface area (Å²) in [6, 6.07) is 0.129. The Labute approximate surface area is 147 Å². The van der Waals surface area contributed by atoms with Gasteiger partial charge >= 0.3 is 0 Å². The number of nitrogens with zero attached hydrogens (tertiary/aromatic N) is 4. The Balaban J connectivity index is 1.88. The lowest BCUT2D eigenvalue weighted by Crippen LogP contribution is -2.40. The van der Waals surface area contributed by atoms with Crippen LogP contribution in [0.25, 0.3) is 0 Å². The zero-order chi connectivity index (χ0) is 17.4. The van der Waals surface area contributed by atoms with E-state index >= 15 is 0 Å². The number of hydrogen-bond donors (Lipinski definition) is 0. The molecular formula is C18H26N4OS. The van der Waals surface area contributed by atoms with Crippen LogP contribution in [-0.4, -0.2) is 32.1 Å². The van der Waals surface area contributed by atoms with Crippen LogP contribution >= 0.6 is 11.3 Å². The van der Waals surface area contributed by atoms with Crippen LogP contribution in [0.1, 0.15) is 65.8 Å². The number of carbonyl (C=O) groups is 1. The molecule has 1 aliphatic heterocycles. The molecule has 3 heterocycles. The Morgan fingerprint density at radius 2 is 2.08 bits per heavy atom. The van der Waals surface area contributed by atoms with E-state index in [1.807, 2.05) is 39.4 Å². The molecule has 2 atom stereocenters. The van der Waals surface area contributed by atoms with Crippen LogP contribution in [0.15, 0.2) is 5.38 Å². The van der Waals surface area contributed by atoms with E-state index in [9.17, 15) is 4.79 Å². The van der Waals surface area contributed by atoms with Crippen molar-refractivity contribution in [3.8, 4) is 0 Å². The van der Waals surface area contributed by atoms with Gasteiger partial charge < -0.3 is 4.90 Å². The molecule has 0 unspecified atom stereocenters. The molecule has 3 rings (SSSR count). The quantitative estimate of drug-likeness (QED) is 0.852. The molecule has 1 aliphatic rings. The molecule has 130 valence electrons. The average molecular weight is 347 g/mol. The summed E-state index contributed by atoms with van der Waals surface area (Å²) in [5, 5.41) is 7.63. The minimum absolute atomic E-state index is 0.129. The van der Waals surface area contributed by atoms with Gasteiger partial charge in [0, 0.05) is 35.9 Å². The average Bonchev–Trinajstić information content (AvgIpc) is 3.10. The summed E-state index contributed by atoms with van der Waals surface area (Å²) < 4.78 is 1.87. The number of aromatic nitrogens is 3. The number of hydrogen-bond acceptors (Lipinski definition) is 4. The standard InChI is InChI=1S/C18H26N4OS/c1-11-10-24-17(19-11)15-8-6-7-9-22(15)18(23)12(2)16-13(3)20-21(5)14(16)4/h10,12,15H,6-9H2,1-5H3/t12-,15+/m0/s1. The van der Waals surface area contributed by atoms with E-state index in [2.05, 4.69) is 20.4 Å². The summed E-state index contributed by atoms with van der Waals surface area (Å²) in [6.07, 6.45) is 3.24. The predicted molar refractivity (Wildman–Crippen MR) is 96.3 cm³/mol. The van der Waals surface area contributed by atoms with Crippen molar-refractivity contribution >= 4 is 17.2 Å². The van der Waals surface area contributed by atoms with Crippen LogP contribution in [0, 0.1) is 20.8 Å². The molecule has 2 aromatic rings. The second kappa shape index (κ2) is 6.67. The van der Waals surface area contributed by atoms with Crippen LogP contribution in [0.4, 0.5) is 0 Å². The lowest BCUT2D eigenvalue weighted by atomic mass is 9.94. The van der Waals surface area contributed by atoms with Crippen LogP contribution < -0.4 is 0 Å². The van der Waals surface area contributed by atoms with E-state index in [1.165, 1.54) is 0 Å². The van der Waals surface area contributed by atoms with Gasteiger partial charge in [-0.1, -0.05) is 0 Å². The van der Waals surface area contributed by atoms with Gasteiger partial charge in [-0.3, -0.25) is 9.48 Å². The predicted octanol–water partition coefficient (Wildman–Crippen LogP) is 3.66. The largest absolute Gasteiger partial charge is 0.333 e. The van der Waals surface area contributed by atoms with Gasteiger partial charge in [0.15, 0.2) is 0 Å². The van der Waals surface area contributed by atoms with Gasteiger partial charge in [0.2, 0.25) is 5.91 Å². The molecule has 24 heavy (non-hydrogen) atoms. The highest BCUT2D eigenvalue weighted by Gasteiger charge is 2.34. The molecule has 0 bridgehead atoms.